The molecule has 0 saturated heterocycles. The van der Waals surface area contributed by atoms with Gasteiger partial charge in [-0.3, -0.25) is 4.98 Å². The van der Waals surface area contributed by atoms with Crippen molar-refractivity contribution in [3.8, 4) is 11.5 Å². The zero-order chi connectivity index (χ0) is 9.68. The smallest absolute Gasteiger partial charge is 0.272 e. The fraction of sp³-hybridized carbons (Fsp3) is 0.375. The predicted octanol–water partition coefficient (Wildman–Crippen LogP) is 1.73. The number of halogens is 2. The topological polar surface area (TPSA) is 31.4 Å². The summed E-state index contributed by atoms with van der Waals surface area (Å²) in [5, 5.41) is 0. The van der Waals surface area contributed by atoms with Gasteiger partial charge < -0.3 is 9.47 Å². The lowest BCUT2D eigenvalue weighted by Gasteiger charge is -2.05. The third-order valence-electron chi connectivity index (χ3n) is 1.30. The second-order valence-electron chi connectivity index (χ2n) is 2.26. The van der Waals surface area contributed by atoms with Crippen LogP contribution in [0.15, 0.2) is 18.5 Å². The van der Waals surface area contributed by atoms with Crippen LogP contribution < -0.4 is 9.47 Å². The maximum Gasteiger partial charge on any atom is 0.272 e. The van der Waals surface area contributed by atoms with Crippen LogP contribution in [0.3, 0.4) is 0 Å². The Morgan fingerprint density at radius 1 is 1.38 bits per heavy atom. The highest BCUT2D eigenvalue weighted by Gasteiger charge is 2.04. The molecule has 0 spiro atoms. The van der Waals surface area contributed by atoms with E-state index in [9.17, 15) is 8.78 Å². The summed E-state index contributed by atoms with van der Waals surface area (Å²) < 4.78 is 33.0. The lowest BCUT2D eigenvalue weighted by atomic mass is 10.4. The number of pyridine rings is 1. The van der Waals surface area contributed by atoms with Crippen molar-refractivity contribution in [2.45, 2.75) is 6.43 Å². The van der Waals surface area contributed by atoms with Gasteiger partial charge in [-0.2, -0.15) is 0 Å². The van der Waals surface area contributed by atoms with E-state index < -0.39 is 13.0 Å². The number of ether oxygens (including phenoxy) is 2. The molecule has 1 aromatic rings. The Balaban J connectivity index is 2.56. The third kappa shape index (κ3) is 3.23. The Hall–Kier alpha value is -1.39. The van der Waals surface area contributed by atoms with Gasteiger partial charge in [-0.25, -0.2) is 8.78 Å². The minimum absolute atomic E-state index is 0.277. The normalized spacial score (nSPS) is 10.2. The third-order valence-corrected chi connectivity index (χ3v) is 1.30. The number of methoxy groups -OCH3 is 1. The fourth-order valence-electron chi connectivity index (χ4n) is 0.749. The first-order valence-electron chi connectivity index (χ1n) is 3.62. The van der Waals surface area contributed by atoms with Crippen molar-refractivity contribution in [1.29, 1.82) is 0 Å². The maximum atomic E-state index is 11.7. The minimum Gasteiger partial charge on any atom is -0.495 e. The molecule has 0 atom stereocenters. The molecule has 0 N–H and O–H groups in total. The van der Waals surface area contributed by atoms with Crippen LogP contribution in [-0.2, 0) is 0 Å². The lowest BCUT2D eigenvalue weighted by molar-refractivity contribution is 0.0816. The Morgan fingerprint density at radius 2 is 2.08 bits per heavy atom. The molecular formula is C8H9F2NO2. The van der Waals surface area contributed by atoms with Crippen LogP contribution in [-0.4, -0.2) is 25.1 Å². The van der Waals surface area contributed by atoms with Gasteiger partial charge in [-0.15, -0.1) is 0 Å². The molecule has 1 aromatic heterocycles. The number of nitrogens with zero attached hydrogens (tertiary/aromatic N) is 1. The van der Waals surface area contributed by atoms with Crippen molar-refractivity contribution in [3.63, 3.8) is 0 Å². The molecule has 0 unspecified atom stereocenters. The summed E-state index contributed by atoms with van der Waals surface area (Å²) in [5.74, 6) is 0.756. The molecule has 72 valence electrons. The van der Waals surface area contributed by atoms with Crippen molar-refractivity contribution in [2.75, 3.05) is 13.7 Å². The molecule has 13 heavy (non-hydrogen) atoms. The van der Waals surface area contributed by atoms with Gasteiger partial charge >= 0.3 is 0 Å². The molecule has 0 aliphatic carbocycles. The summed E-state index contributed by atoms with van der Waals surface area (Å²) in [4.78, 5) is 3.74. The highest BCUT2D eigenvalue weighted by molar-refractivity contribution is 5.27. The van der Waals surface area contributed by atoms with Gasteiger partial charge in [0.2, 0.25) is 0 Å². The van der Waals surface area contributed by atoms with Crippen LogP contribution in [0.1, 0.15) is 0 Å². The molecule has 0 aromatic carbocycles. The zero-order valence-corrected chi connectivity index (χ0v) is 7.04. The first kappa shape index (κ1) is 9.70. The van der Waals surface area contributed by atoms with Crippen LogP contribution >= 0.6 is 0 Å². The van der Waals surface area contributed by atoms with Crippen molar-refractivity contribution >= 4 is 0 Å². The molecule has 0 aliphatic rings. The first-order valence-corrected chi connectivity index (χ1v) is 3.62. The molecule has 1 rings (SSSR count). The molecule has 0 aliphatic heterocycles. The standard InChI is InChI=1S/C8H9F2NO2/c1-12-6-2-7(4-11-3-6)13-5-8(9)10/h2-4,8H,5H2,1H3. The van der Waals surface area contributed by atoms with Crippen LogP contribution in [0.25, 0.3) is 0 Å². The number of hydrogen-bond acceptors (Lipinski definition) is 3. The van der Waals surface area contributed by atoms with Crippen LogP contribution in [0.2, 0.25) is 0 Å². The van der Waals surface area contributed by atoms with Crippen LogP contribution in [0, 0.1) is 0 Å². The Bertz CT molecular complexity index is 268. The summed E-state index contributed by atoms with van der Waals surface area (Å²) in [6.45, 7) is -0.630. The number of rotatable bonds is 4. The number of alkyl halides is 2. The van der Waals surface area contributed by atoms with E-state index in [1.807, 2.05) is 0 Å². The summed E-state index contributed by atoms with van der Waals surface area (Å²) in [5.41, 5.74) is 0. The second-order valence-corrected chi connectivity index (χ2v) is 2.26. The van der Waals surface area contributed by atoms with Gasteiger partial charge in [-0.05, 0) is 0 Å². The molecule has 0 bridgehead atoms. The molecule has 0 amide bonds. The molecular weight excluding hydrogens is 180 g/mol. The fourth-order valence-corrected chi connectivity index (χ4v) is 0.749. The van der Waals surface area contributed by atoms with Gasteiger partial charge in [0.05, 0.1) is 19.5 Å². The van der Waals surface area contributed by atoms with Gasteiger partial charge in [0.25, 0.3) is 6.43 Å². The van der Waals surface area contributed by atoms with Crippen molar-refractivity contribution < 1.29 is 18.3 Å². The predicted molar refractivity (Wildman–Crippen MR) is 42.3 cm³/mol. The highest BCUT2D eigenvalue weighted by atomic mass is 19.3. The summed E-state index contributed by atoms with van der Waals surface area (Å²) >= 11 is 0. The average molecular weight is 189 g/mol. The average Bonchev–Trinajstić information content (AvgIpc) is 2.15. The second kappa shape index (κ2) is 4.59. The molecule has 5 heteroatoms. The maximum absolute atomic E-state index is 11.7. The van der Waals surface area contributed by atoms with E-state index in [-0.39, 0.29) is 5.75 Å². The van der Waals surface area contributed by atoms with E-state index in [1.165, 1.54) is 25.6 Å². The van der Waals surface area contributed by atoms with Crippen molar-refractivity contribution in [1.82, 2.24) is 4.98 Å². The SMILES string of the molecule is COc1cncc(OCC(F)F)c1. The largest absolute Gasteiger partial charge is 0.495 e. The number of aromatic nitrogens is 1. The van der Waals surface area contributed by atoms with Gasteiger partial charge in [0.1, 0.15) is 18.1 Å². The van der Waals surface area contributed by atoms with E-state index in [1.54, 1.807) is 0 Å². The van der Waals surface area contributed by atoms with E-state index in [4.69, 9.17) is 9.47 Å². The Labute approximate surface area is 74.3 Å². The molecule has 0 saturated carbocycles. The van der Waals surface area contributed by atoms with Gasteiger partial charge in [-0.1, -0.05) is 0 Å². The molecule has 1 heterocycles. The zero-order valence-electron chi connectivity index (χ0n) is 7.04. The van der Waals surface area contributed by atoms with Crippen molar-refractivity contribution in [2.24, 2.45) is 0 Å². The number of hydrogen-bond donors (Lipinski definition) is 0. The van der Waals surface area contributed by atoms with E-state index in [2.05, 4.69) is 4.98 Å². The van der Waals surface area contributed by atoms with Crippen LogP contribution in [0.4, 0.5) is 8.78 Å². The quantitative estimate of drug-likeness (QED) is 0.722. The summed E-state index contributed by atoms with van der Waals surface area (Å²) in [6.07, 6.45) is 0.339. The molecule has 3 nitrogen and oxygen atoms in total. The summed E-state index contributed by atoms with van der Waals surface area (Å²) in [6, 6.07) is 1.50. The molecule has 0 fully saturated rings. The highest BCUT2D eigenvalue weighted by Crippen LogP contribution is 2.17. The summed E-state index contributed by atoms with van der Waals surface area (Å²) in [7, 11) is 1.47. The van der Waals surface area contributed by atoms with E-state index >= 15 is 0 Å². The lowest BCUT2D eigenvalue weighted by Crippen LogP contribution is -2.07. The van der Waals surface area contributed by atoms with E-state index in [0.29, 0.717) is 5.75 Å². The minimum atomic E-state index is -2.48. The van der Waals surface area contributed by atoms with E-state index in [0.717, 1.165) is 0 Å². The monoisotopic (exact) mass is 189 g/mol. The van der Waals surface area contributed by atoms with Crippen LogP contribution in [0.5, 0.6) is 11.5 Å². The van der Waals surface area contributed by atoms with Gasteiger partial charge in [0, 0.05) is 6.07 Å². The first-order chi connectivity index (χ1) is 6.22. The van der Waals surface area contributed by atoms with Gasteiger partial charge in [0.15, 0.2) is 0 Å². The Kier molecular flexibility index (Phi) is 3.42. The van der Waals surface area contributed by atoms with Crippen molar-refractivity contribution in [3.05, 3.63) is 18.5 Å². The Morgan fingerprint density at radius 3 is 2.69 bits per heavy atom. The molecule has 0 radical (unpaired) electrons.